The molecule has 0 spiro atoms. The molecule has 0 radical (unpaired) electrons. The molecule has 2 nitrogen and oxygen atoms in total. The van der Waals surface area contributed by atoms with E-state index < -0.39 is 0 Å². The van der Waals surface area contributed by atoms with Crippen LogP contribution in [-0.2, 0) is 9.59 Å². The van der Waals surface area contributed by atoms with Gasteiger partial charge in [-0.1, -0.05) is 6.92 Å². The lowest BCUT2D eigenvalue weighted by atomic mass is 9.84. The van der Waals surface area contributed by atoms with Gasteiger partial charge in [-0.2, -0.15) is 23.5 Å². The van der Waals surface area contributed by atoms with Crippen LogP contribution < -0.4 is 0 Å². The van der Waals surface area contributed by atoms with Crippen molar-refractivity contribution in [1.29, 1.82) is 0 Å². The average Bonchev–Trinajstić information content (AvgIpc) is 2.20. The van der Waals surface area contributed by atoms with E-state index in [9.17, 15) is 9.59 Å². The molecule has 3 atom stereocenters. The maximum Gasteiger partial charge on any atom is 0.150 e. The molecule has 0 bridgehead atoms. The minimum atomic E-state index is -0.115. The van der Waals surface area contributed by atoms with Gasteiger partial charge in [-0.25, -0.2) is 0 Å². The number of carbonyl (C=O) groups is 2. The van der Waals surface area contributed by atoms with Gasteiger partial charge < -0.3 is 0 Å². The Hall–Kier alpha value is 0.0400. The van der Waals surface area contributed by atoms with Crippen molar-refractivity contribution in [3.8, 4) is 0 Å². The highest BCUT2D eigenvalue weighted by atomic mass is 32.2. The first-order valence-corrected chi connectivity index (χ1v) is 7.35. The smallest absolute Gasteiger partial charge is 0.150 e. The lowest BCUT2D eigenvalue weighted by molar-refractivity contribution is -0.131. The predicted octanol–water partition coefficient (Wildman–Crippen LogP) is 2.02. The fourth-order valence-corrected chi connectivity index (χ4v) is 4.08. The zero-order chi connectivity index (χ0) is 10.7. The molecule has 0 heterocycles. The minimum absolute atomic E-state index is 0.0247. The second kappa shape index (κ2) is 5.21. The van der Waals surface area contributed by atoms with Crippen LogP contribution in [0.1, 0.15) is 19.8 Å². The predicted molar refractivity (Wildman–Crippen MR) is 63.0 cm³/mol. The van der Waals surface area contributed by atoms with Crippen molar-refractivity contribution >= 4 is 35.1 Å². The van der Waals surface area contributed by atoms with Crippen LogP contribution >= 0.6 is 23.5 Å². The third kappa shape index (κ3) is 2.16. The topological polar surface area (TPSA) is 34.1 Å². The van der Waals surface area contributed by atoms with Crippen LogP contribution in [0.2, 0.25) is 0 Å². The number of hydrogen-bond acceptors (Lipinski definition) is 4. The van der Waals surface area contributed by atoms with Gasteiger partial charge in [0.25, 0.3) is 0 Å². The fourth-order valence-electron chi connectivity index (χ4n) is 1.85. The molecule has 3 unspecified atom stereocenters. The van der Waals surface area contributed by atoms with Crippen molar-refractivity contribution in [2.24, 2.45) is 5.92 Å². The van der Waals surface area contributed by atoms with Gasteiger partial charge in [0.05, 0.1) is 10.5 Å². The van der Waals surface area contributed by atoms with E-state index in [1.165, 1.54) is 23.5 Å². The molecule has 0 aromatic heterocycles. The van der Waals surface area contributed by atoms with Crippen LogP contribution in [0, 0.1) is 5.92 Å². The summed E-state index contributed by atoms with van der Waals surface area (Å²) in [4.78, 5) is 23.6. The van der Waals surface area contributed by atoms with Gasteiger partial charge in [-0.3, -0.25) is 9.59 Å². The molecule has 1 fully saturated rings. The van der Waals surface area contributed by atoms with Crippen molar-refractivity contribution in [3.05, 3.63) is 0 Å². The molecule has 80 valence electrons. The molecule has 0 aliphatic heterocycles. The van der Waals surface area contributed by atoms with E-state index in [0.29, 0.717) is 6.42 Å². The molecule has 1 aliphatic carbocycles. The van der Waals surface area contributed by atoms with Crippen LogP contribution in [0.25, 0.3) is 0 Å². The van der Waals surface area contributed by atoms with E-state index in [4.69, 9.17) is 0 Å². The lowest BCUT2D eigenvalue weighted by Gasteiger charge is -2.31. The molecule has 1 saturated carbocycles. The number of Topliss-reactive ketones (excluding diaryl/α,β-unsaturated/α-hetero) is 2. The normalized spacial score (nSPS) is 33.5. The summed E-state index contributed by atoms with van der Waals surface area (Å²) in [5, 5.41) is -0.225. The summed E-state index contributed by atoms with van der Waals surface area (Å²) >= 11 is 3.03. The Morgan fingerprint density at radius 1 is 1.21 bits per heavy atom. The summed E-state index contributed by atoms with van der Waals surface area (Å²) in [5.74, 6) is 0.505. The van der Waals surface area contributed by atoms with Crippen LogP contribution in [-0.4, -0.2) is 34.6 Å². The van der Waals surface area contributed by atoms with Gasteiger partial charge in [-0.05, 0) is 18.9 Å². The third-order valence-electron chi connectivity index (χ3n) is 2.72. The minimum Gasteiger partial charge on any atom is -0.298 e. The molecule has 0 amide bonds. The van der Waals surface area contributed by atoms with Crippen molar-refractivity contribution in [2.45, 2.75) is 30.3 Å². The van der Waals surface area contributed by atoms with Crippen LogP contribution in [0.3, 0.4) is 0 Å². The highest BCUT2D eigenvalue weighted by Gasteiger charge is 2.41. The van der Waals surface area contributed by atoms with E-state index in [2.05, 4.69) is 0 Å². The fraction of sp³-hybridized carbons (Fsp3) is 0.800. The Bertz CT molecular complexity index is 240. The van der Waals surface area contributed by atoms with Gasteiger partial charge in [-0.15, -0.1) is 0 Å². The molecule has 0 aromatic rings. The standard InChI is InChI=1S/C10H16O2S2/c1-4-6-5-7(11)9(13-2)10(14-3)8(6)12/h6,9-10H,4-5H2,1-3H3. The number of hydrogen-bond donors (Lipinski definition) is 0. The van der Waals surface area contributed by atoms with E-state index in [1.807, 2.05) is 19.4 Å². The Morgan fingerprint density at radius 3 is 2.21 bits per heavy atom. The quantitative estimate of drug-likeness (QED) is 0.745. The first-order chi connectivity index (χ1) is 6.65. The molecule has 0 saturated heterocycles. The Kier molecular flexibility index (Phi) is 4.51. The molecule has 1 rings (SSSR count). The van der Waals surface area contributed by atoms with E-state index in [-0.39, 0.29) is 28.0 Å². The van der Waals surface area contributed by atoms with Gasteiger partial charge in [0.15, 0.2) is 5.78 Å². The zero-order valence-electron chi connectivity index (χ0n) is 8.78. The number of rotatable bonds is 3. The van der Waals surface area contributed by atoms with Crippen LogP contribution in [0.4, 0.5) is 0 Å². The van der Waals surface area contributed by atoms with Gasteiger partial charge in [0.2, 0.25) is 0 Å². The zero-order valence-corrected chi connectivity index (χ0v) is 10.4. The highest BCUT2D eigenvalue weighted by molar-refractivity contribution is 8.04. The Balaban J connectivity index is 2.84. The lowest BCUT2D eigenvalue weighted by Crippen LogP contribution is -2.45. The number of thioether (sulfide) groups is 2. The number of ketones is 2. The summed E-state index contributed by atoms with van der Waals surface area (Å²) in [6.07, 6.45) is 5.07. The third-order valence-corrected chi connectivity index (χ3v) is 4.95. The van der Waals surface area contributed by atoms with Crippen LogP contribution in [0.5, 0.6) is 0 Å². The molecular formula is C10H16O2S2. The van der Waals surface area contributed by atoms with Crippen LogP contribution in [0.15, 0.2) is 0 Å². The number of carbonyl (C=O) groups excluding carboxylic acids is 2. The van der Waals surface area contributed by atoms with Crippen molar-refractivity contribution < 1.29 is 9.59 Å². The van der Waals surface area contributed by atoms with E-state index >= 15 is 0 Å². The largest absolute Gasteiger partial charge is 0.298 e. The van der Waals surface area contributed by atoms with Crippen molar-refractivity contribution in [3.63, 3.8) is 0 Å². The van der Waals surface area contributed by atoms with Crippen molar-refractivity contribution in [1.82, 2.24) is 0 Å². The first kappa shape index (κ1) is 12.1. The molecular weight excluding hydrogens is 216 g/mol. The second-order valence-electron chi connectivity index (χ2n) is 3.49. The van der Waals surface area contributed by atoms with E-state index in [0.717, 1.165) is 6.42 Å². The highest BCUT2D eigenvalue weighted by Crippen LogP contribution is 2.33. The van der Waals surface area contributed by atoms with E-state index in [1.54, 1.807) is 0 Å². The summed E-state index contributed by atoms with van der Waals surface area (Å²) in [7, 11) is 0. The van der Waals surface area contributed by atoms with Crippen molar-refractivity contribution in [2.75, 3.05) is 12.5 Å². The summed E-state index contributed by atoms with van der Waals surface area (Å²) < 4.78 is 0. The molecule has 0 N–H and O–H groups in total. The van der Waals surface area contributed by atoms with Gasteiger partial charge >= 0.3 is 0 Å². The summed E-state index contributed by atoms with van der Waals surface area (Å²) in [6, 6.07) is 0. The van der Waals surface area contributed by atoms with Gasteiger partial charge in [0, 0.05) is 12.3 Å². The van der Waals surface area contributed by atoms with Gasteiger partial charge in [0.1, 0.15) is 5.78 Å². The SMILES string of the molecule is CCC1CC(=O)C(SC)C(SC)C1=O. The molecule has 0 aromatic carbocycles. The first-order valence-electron chi connectivity index (χ1n) is 4.77. The second-order valence-corrected chi connectivity index (χ2v) is 5.45. The Morgan fingerprint density at radius 2 is 1.79 bits per heavy atom. The molecule has 1 aliphatic rings. The maximum atomic E-state index is 11.9. The monoisotopic (exact) mass is 232 g/mol. The average molecular weight is 232 g/mol. The summed E-state index contributed by atoms with van der Waals surface area (Å²) in [6.45, 7) is 1.98. The Labute approximate surface area is 93.6 Å². The summed E-state index contributed by atoms with van der Waals surface area (Å²) in [5.41, 5.74) is 0. The molecule has 14 heavy (non-hydrogen) atoms. The molecule has 4 heteroatoms. The maximum absolute atomic E-state index is 11.9.